The van der Waals surface area contributed by atoms with E-state index in [-0.39, 0.29) is 24.8 Å². The Bertz CT molecular complexity index is 416. The molecule has 2 N–H and O–H groups in total. The summed E-state index contributed by atoms with van der Waals surface area (Å²) < 4.78 is 38.3. The van der Waals surface area contributed by atoms with E-state index in [0.29, 0.717) is 12.8 Å². The number of alkyl halides is 3. The molecule has 1 heterocycles. The van der Waals surface area contributed by atoms with Crippen LogP contribution in [0.1, 0.15) is 36.4 Å². The lowest BCUT2D eigenvalue weighted by Crippen LogP contribution is -2.38. The first-order valence-electron chi connectivity index (χ1n) is 6.59. The maximum Gasteiger partial charge on any atom is 0.391 e. The van der Waals surface area contributed by atoms with Crippen LogP contribution in [0, 0.1) is 18.8 Å². The molecule has 1 aromatic heterocycles. The van der Waals surface area contributed by atoms with Crippen molar-refractivity contribution in [1.82, 2.24) is 4.98 Å². The molecule has 2 rings (SSSR count). The summed E-state index contributed by atoms with van der Waals surface area (Å²) in [6.45, 7) is 1.92. The fraction of sp³-hybridized carbons (Fsp3) is 0.769. The van der Waals surface area contributed by atoms with Crippen LogP contribution in [0.15, 0.2) is 5.38 Å². The molecule has 0 bridgehead atoms. The van der Waals surface area contributed by atoms with Crippen molar-refractivity contribution in [3.8, 4) is 0 Å². The number of halogens is 3. The zero-order valence-electron chi connectivity index (χ0n) is 10.9. The van der Waals surface area contributed by atoms with Gasteiger partial charge in [0.25, 0.3) is 0 Å². The van der Waals surface area contributed by atoms with Crippen molar-refractivity contribution < 1.29 is 13.2 Å². The molecule has 0 aromatic carbocycles. The van der Waals surface area contributed by atoms with Gasteiger partial charge < -0.3 is 5.73 Å². The lowest BCUT2D eigenvalue weighted by Gasteiger charge is -2.33. The summed E-state index contributed by atoms with van der Waals surface area (Å²) in [5.41, 5.74) is 7.00. The highest BCUT2D eigenvalue weighted by atomic mass is 32.1. The number of nitrogens with zero attached hydrogens (tertiary/aromatic N) is 1. The fourth-order valence-electron chi connectivity index (χ4n) is 2.82. The molecule has 1 aliphatic rings. The van der Waals surface area contributed by atoms with Crippen LogP contribution in [-0.2, 0) is 6.42 Å². The van der Waals surface area contributed by atoms with Crippen LogP contribution < -0.4 is 5.73 Å². The fourth-order valence-corrected chi connectivity index (χ4v) is 3.45. The number of aromatic nitrogens is 1. The molecule has 0 amide bonds. The Balaban J connectivity index is 1.93. The summed E-state index contributed by atoms with van der Waals surface area (Å²) >= 11 is 1.55. The first-order valence-corrected chi connectivity index (χ1v) is 7.47. The molecule has 108 valence electrons. The van der Waals surface area contributed by atoms with Crippen molar-refractivity contribution in [1.29, 1.82) is 0 Å². The van der Waals surface area contributed by atoms with Gasteiger partial charge in [-0.05, 0) is 32.1 Å². The molecule has 1 fully saturated rings. The van der Waals surface area contributed by atoms with E-state index in [1.807, 2.05) is 12.3 Å². The van der Waals surface area contributed by atoms with E-state index < -0.39 is 12.1 Å². The van der Waals surface area contributed by atoms with E-state index in [1.54, 1.807) is 11.3 Å². The van der Waals surface area contributed by atoms with Crippen LogP contribution in [0.25, 0.3) is 0 Å². The predicted octanol–water partition coefficient (Wildman–Crippen LogP) is 3.69. The Kier molecular flexibility index (Phi) is 4.50. The van der Waals surface area contributed by atoms with Gasteiger partial charge in [0.2, 0.25) is 0 Å². The van der Waals surface area contributed by atoms with E-state index in [1.165, 1.54) is 0 Å². The molecule has 6 heteroatoms. The molecule has 3 unspecified atom stereocenters. The Morgan fingerprint density at radius 1 is 1.47 bits per heavy atom. The van der Waals surface area contributed by atoms with Crippen LogP contribution in [0.3, 0.4) is 0 Å². The SMILES string of the molecule is Cc1nc(CC(N)C2CCCC(C(F)(F)F)C2)cs1. The second kappa shape index (κ2) is 5.79. The Morgan fingerprint density at radius 2 is 2.21 bits per heavy atom. The third-order valence-electron chi connectivity index (χ3n) is 3.89. The maximum atomic E-state index is 12.8. The predicted molar refractivity (Wildman–Crippen MR) is 70.0 cm³/mol. The van der Waals surface area contributed by atoms with E-state index >= 15 is 0 Å². The Hall–Kier alpha value is -0.620. The molecule has 0 radical (unpaired) electrons. The van der Waals surface area contributed by atoms with Gasteiger partial charge in [-0.1, -0.05) is 6.42 Å². The van der Waals surface area contributed by atoms with Crippen molar-refractivity contribution in [3.63, 3.8) is 0 Å². The summed E-state index contributed by atoms with van der Waals surface area (Å²) in [6, 6.07) is -0.216. The minimum Gasteiger partial charge on any atom is -0.327 e. The highest BCUT2D eigenvalue weighted by Gasteiger charge is 2.43. The highest BCUT2D eigenvalue weighted by molar-refractivity contribution is 7.09. The number of hydrogen-bond donors (Lipinski definition) is 1. The zero-order chi connectivity index (χ0) is 14.0. The van der Waals surface area contributed by atoms with Gasteiger partial charge in [-0.15, -0.1) is 11.3 Å². The number of nitrogens with two attached hydrogens (primary N) is 1. The van der Waals surface area contributed by atoms with Crippen molar-refractivity contribution in [2.24, 2.45) is 17.6 Å². The summed E-state index contributed by atoms with van der Waals surface area (Å²) in [5.74, 6) is -1.21. The molecule has 0 spiro atoms. The van der Waals surface area contributed by atoms with Crippen LogP contribution in [0.2, 0.25) is 0 Å². The lowest BCUT2D eigenvalue weighted by atomic mass is 9.77. The van der Waals surface area contributed by atoms with Gasteiger partial charge in [0.1, 0.15) is 0 Å². The zero-order valence-corrected chi connectivity index (χ0v) is 11.7. The molecule has 0 aliphatic heterocycles. The molecule has 2 nitrogen and oxygen atoms in total. The monoisotopic (exact) mass is 292 g/mol. The molecule has 0 saturated heterocycles. The van der Waals surface area contributed by atoms with Crippen molar-refractivity contribution in [2.45, 2.75) is 51.2 Å². The molecule has 1 aliphatic carbocycles. The topological polar surface area (TPSA) is 38.9 Å². The normalized spacial score (nSPS) is 26.4. The molecular formula is C13H19F3N2S. The summed E-state index contributed by atoms with van der Waals surface area (Å²) in [4.78, 5) is 4.33. The first-order chi connectivity index (χ1) is 8.86. The van der Waals surface area contributed by atoms with Gasteiger partial charge in [-0.25, -0.2) is 4.98 Å². The quantitative estimate of drug-likeness (QED) is 0.922. The molecular weight excluding hydrogens is 273 g/mol. The van der Waals surface area contributed by atoms with Gasteiger partial charge in [0.15, 0.2) is 0 Å². The van der Waals surface area contributed by atoms with E-state index in [9.17, 15) is 13.2 Å². The second-order valence-electron chi connectivity index (χ2n) is 5.39. The molecule has 1 saturated carbocycles. The summed E-state index contributed by atoms with van der Waals surface area (Å²) in [5, 5.41) is 2.92. The van der Waals surface area contributed by atoms with Crippen LogP contribution in [0.4, 0.5) is 13.2 Å². The second-order valence-corrected chi connectivity index (χ2v) is 6.45. The third-order valence-corrected chi connectivity index (χ3v) is 4.72. The van der Waals surface area contributed by atoms with E-state index in [0.717, 1.165) is 17.1 Å². The standard InChI is InChI=1S/C13H19F3N2S/c1-8-18-11(7-19-8)6-12(17)9-3-2-4-10(5-9)13(14,15)16/h7,9-10,12H,2-6,17H2,1H3. The number of hydrogen-bond acceptors (Lipinski definition) is 3. The van der Waals surface area contributed by atoms with Crippen molar-refractivity contribution in [3.05, 3.63) is 16.1 Å². The van der Waals surface area contributed by atoms with Crippen LogP contribution in [0.5, 0.6) is 0 Å². The molecule has 19 heavy (non-hydrogen) atoms. The Labute approximate surface area is 115 Å². The minimum atomic E-state index is -4.07. The minimum absolute atomic E-state index is 0.0395. The van der Waals surface area contributed by atoms with Gasteiger partial charge in [-0.2, -0.15) is 13.2 Å². The summed E-state index contributed by atoms with van der Waals surface area (Å²) in [6.07, 6.45) is -1.64. The van der Waals surface area contributed by atoms with Crippen LogP contribution in [-0.4, -0.2) is 17.2 Å². The van der Waals surface area contributed by atoms with Crippen LogP contribution >= 0.6 is 11.3 Å². The van der Waals surface area contributed by atoms with Crippen molar-refractivity contribution in [2.75, 3.05) is 0 Å². The number of rotatable bonds is 3. The molecule has 1 aromatic rings. The third kappa shape index (κ3) is 3.92. The lowest BCUT2D eigenvalue weighted by molar-refractivity contribution is -0.186. The van der Waals surface area contributed by atoms with E-state index in [4.69, 9.17) is 5.73 Å². The maximum absolute atomic E-state index is 12.8. The van der Waals surface area contributed by atoms with Crippen molar-refractivity contribution >= 4 is 11.3 Å². The largest absolute Gasteiger partial charge is 0.391 e. The Morgan fingerprint density at radius 3 is 2.79 bits per heavy atom. The first kappa shape index (κ1) is 14.8. The van der Waals surface area contributed by atoms with Gasteiger partial charge in [0, 0.05) is 17.8 Å². The van der Waals surface area contributed by atoms with Gasteiger partial charge >= 0.3 is 6.18 Å². The van der Waals surface area contributed by atoms with Gasteiger partial charge in [0.05, 0.1) is 16.6 Å². The molecule has 3 atom stereocenters. The average Bonchev–Trinajstić information content (AvgIpc) is 2.74. The van der Waals surface area contributed by atoms with Gasteiger partial charge in [-0.3, -0.25) is 0 Å². The smallest absolute Gasteiger partial charge is 0.327 e. The average molecular weight is 292 g/mol. The number of thiazole rings is 1. The highest BCUT2D eigenvalue weighted by Crippen LogP contribution is 2.40. The number of aryl methyl sites for hydroxylation is 1. The summed E-state index contributed by atoms with van der Waals surface area (Å²) in [7, 11) is 0. The van der Waals surface area contributed by atoms with E-state index in [2.05, 4.69) is 4.98 Å².